The lowest BCUT2D eigenvalue weighted by Gasteiger charge is -2.45. The summed E-state index contributed by atoms with van der Waals surface area (Å²) >= 11 is 0. The van der Waals surface area contributed by atoms with Gasteiger partial charge < -0.3 is 49.1 Å². The number of rotatable bonds is 4. The molecule has 0 aliphatic carbocycles. The van der Waals surface area contributed by atoms with Gasteiger partial charge in [-0.2, -0.15) is 10.2 Å². The molecular weight excluding hydrogens is 736 g/mol. The molecule has 2 fully saturated rings. The summed E-state index contributed by atoms with van der Waals surface area (Å²) in [6.07, 6.45) is -0.281. The quantitative estimate of drug-likeness (QED) is 0.354. The van der Waals surface area contributed by atoms with Gasteiger partial charge >= 0.3 is 6.09 Å². The van der Waals surface area contributed by atoms with Crippen LogP contribution in [0.15, 0.2) is 34.5 Å². The highest BCUT2D eigenvalue weighted by molar-refractivity contribution is 6.10. The van der Waals surface area contributed by atoms with Crippen molar-refractivity contribution < 1.29 is 38.5 Å². The number of carbonyl (C=O) groups is 4. The van der Waals surface area contributed by atoms with Gasteiger partial charge in [0.25, 0.3) is 17.8 Å². The Morgan fingerprint density at radius 1 is 0.807 bits per heavy atom. The van der Waals surface area contributed by atoms with Gasteiger partial charge in [0.05, 0.1) is 23.5 Å². The average Bonchev–Trinajstić information content (AvgIpc) is 3.08. The topological polar surface area (TPSA) is 193 Å². The molecule has 6 aliphatic rings. The van der Waals surface area contributed by atoms with E-state index in [1.165, 1.54) is 11.3 Å². The van der Waals surface area contributed by atoms with Crippen molar-refractivity contribution in [2.45, 2.75) is 85.2 Å². The second-order valence-corrected chi connectivity index (χ2v) is 16.0. The summed E-state index contributed by atoms with van der Waals surface area (Å²) < 4.78 is 17.2. The number of carboxylic acid groups (broad SMARTS) is 1. The normalized spacial score (nSPS) is 20.8. The summed E-state index contributed by atoms with van der Waals surface area (Å²) in [5.41, 5.74) is 10.8. The summed E-state index contributed by atoms with van der Waals surface area (Å²) in [6.45, 7) is 18.5. The van der Waals surface area contributed by atoms with Gasteiger partial charge in [-0.05, 0) is 83.9 Å². The van der Waals surface area contributed by atoms with Crippen molar-refractivity contribution in [1.29, 1.82) is 0 Å². The number of carboxylic acids is 1. The van der Waals surface area contributed by atoms with E-state index >= 15 is 0 Å². The number of hydrogen-bond acceptors (Lipinski definition) is 14. The zero-order valence-electron chi connectivity index (χ0n) is 34.3. The molecule has 8 rings (SSSR count). The molecule has 0 radical (unpaired) electrons. The molecule has 2 aromatic rings. The second-order valence-electron chi connectivity index (χ2n) is 16.0. The van der Waals surface area contributed by atoms with E-state index in [2.05, 4.69) is 62.3 Å². The summed E-state index contributed by atoms with van der Waals surface area (Å²) in [5.74, 6) is 1.91. The molecule has 0 bridgehead atoms. The highest BCUT2D eigenvalue weighted by Gasteiger charge is 2.40. The van der Waals surface area contributed by atoms with E-state index in [0.29, 0.717) is 38.2 Å². The van der Waals surface area contributed by atoms with Gasteiger partial charge in [-0.1, -0.05) is 0 Å². The molecule has 18 heteroatoms. The first kappa shape index (κ1) is 40.9. The highest BCUT2D eigenvalue weighted by atomic mass is 16.6. The van der Waals surface area contributed by atoms with Crippen molar-refractivity contribution >= 4 is 58.3 Å². The van der Waals surface area contributed by atoms with Crippen molar-refractivity contribution in [1.82, 2.24) is 21.1 Å². The first-order valence-electron chi connectivity index (χ1n) is 19.0. The largest absolute Gasteiger partial charge is 0.483 e. The fourth-order valence-corrected chi connectivity index (χ4v) is 7.20. The van der Waals surface area contributed by atoms with E-state index in [0.717, 1.165) is 60.0 Å². The number of hydrogen-bond donors (Lipinski definition) is 4. The van der Waals surface area contributed by atoms with Crippen LogP contribution in [0, 0.1) is 13.8 Å². The Balaban J connectivity index is 0.000000181. The zero-order chi connectivity index (χ0) is 41.5. The van der Waals surface area contributed by atoms with Gasteiger partial charge in [-0.25, -0.2) is 15.6 Å². The lowest BCUT2D eigenvalue weighted by Crippen LogP contribution is -2.61. The third-order valence-corrected chi connectivity index (χ3v) is 10.6. The number of ether oxygens (including phenoxy) is 3. The predicted molar refractivity (Wildman–Crippen MR) is 217 cm³/mol. The number of aliphatic carboxylic acids is 1. The SMILES string of the molecule is CC(=O)O.Cc1cc2c(cc1N(C)C1CN(C(=O)OC(C)(C)C)C1)N1C(=NNC(=O)C1C)CO2.Cc1cc2c(cc1N(C)C1CNC1)N1C(=NNC(=O)C1C)CO2. The molecule has 2 aromatic carbocycles. The van der Waals surface area contributed by atoms with Crippen LogP contribution < -0.4 is 45.2 Å². The van der Waals surface area contributed by atoms with E-state index in [1.54, 1.807) is 4.90 Å². The minimum absolute atomic E-state index is 0.0970. The van der Waals surface area contributed by atoms with E-state index in [-0.39, 0.29) is 36.0 Å². The summed E-state index contributed by atoms with van der Waals surface area (Å²) in [5, 5.41) is 19.0. The molecule has 308 valence electrons. The maximum Gasteiger partial charge on any atom is 0.410 e. The number of likely N-dealkylation sites (tertiary alicyclic amines) is 1. The van der Waals surface area contributed by atoms with E-state index < -0.39 is 11.6 Å². The summed E-state index contributed by atoms with van der Waals surface area (Å²) in [6, 6.07) is 8.26. The Labute approximate surface area is 332 Å². The van der Waals surface area contributed by atoms with E-state index in [9.17, 15) is 14.4 Å². The minimum atomic E-state index is -0.833. The van der Waals surface area contributed by atoms with Gasteiger partial charge in [0.2, 0.25) is 0 Å². The fraction of sp³-hybridized carbons (Fsp3) is 0.538. The summed E-state index contributed by atoms with van der Waals surface area (Å²) in [7, 11) is 4.14. The lowest BCUT2D eigenvalue weighted by molar-refractivity contribution is -0.134. The van der Waals surface area contributed by atoms with Crippen molar-refractivity contribution in [2.75, 3.05) is 73.1 Å². The number of nitrogens with zero attached hydrogens (tertiary/aromatic N) is 7. The van der Waals surface area contributed by atoms with Crippen molar-refractivity contribution in [3.63, 3.8) is 0 Å². The monoisotopic (exact) mass is 790 g/mol. The Bertz CT molecular complexity index is 1980. The smallest absolute Gasteiger partial charge is 0.410 e. The van der Waals surface area contributed by atoms with Crippen LogP contribution in [0.25, 0.3) is 0 Å². The van der Waals surface area contributed by atoms with Crippen molar-refractivity contribution in [2.24, 2.45) is 10.2 Å². The highest BCUT2D eigenvalue weighted by Crippen LogP contribution is 2.42. The molecule has 2 atom stereocenters. The van der Waals surface area contributed by atoms with Crippen molar-refractivity contribution in [3.05, 3.63) is 35.4 Å². The average molecular weight is 791 g/mol. The van der Waals surface area contributed by atoms with Crippen LogP contribution in [-0.4, -0.2) is 129 Å². The molecular formula is C39H54N10O8. The molecule has 0 aromatic heterocycles. The number of nitrogens with one attached hydrogen (secondary N) is 3. The Hall–Kier alpha value is -5.78. The molecule has 6 heterocycles. The van der Waals surface area contributed by atoms with Crippen LogP contribution >= 0.6 is 0 Å². The molecule has 6 aliphatic heterocycles. The number of anilines is 4. The van der Waals surface area contributed by atoms with Gasteiger partial charge in [0.15, 0.2) is 11.7 Å². The number of hydrazone groups is 2. The first-order valence-corrected chi connectivity index (χ1v) is 19.0. The van der Waals surface area contributed by atoms with Crippen LogP contribution in [0.2, 0.25) is 0 Å². The molecule has 4 N–H and O–H groups in total. The van der Waals surface area contributed by atoms with Crippen LogP contribution in [0.4, 0.5) is 27.5 Å². The second kappa shape index (κ2) is 16.0. The molecule has 2 unspecified atom stereocenters. The van der Waals surface area contributed by atoms with Crippen molar-refractivity contribution in [3.8, 4) is 11.5 Å². The summed E-state index contributed by atoms with van der Waals surface area (Å²) in [4.78, 5) is 55.5. The molecule has 0 saturated carbocycles. The van der Waals surface area contributed by atoms with E-state index in [4.69, 9.17) is 24.1 Å². The minimum Gasteiger partial charge on any atom is -0.483 e. The van der Waals surface area contributed by atoms with Gasteiger partial charge in [0, 0.05) is 58.6 Å². The third kappa shape index (κ3) is 8.50. The maximum atomic E-state index is 12.2. The van der Waals surface area contributed by atoms with Crippen LogP contribution in [0.3, 0.4) is 0 Å². The molecule has 57 heavy (non-hydrogen) atoms. The number of carbonyl (C=O) groups excluding carboxylic acids is 3. The number of fused-ring (bicyclic) bond motifs is 6. The van der Waals surface area contributed by atoms with Gasteiger partial charge in [-0.3, -0.25) is 14.4 Å². The fourth-order valence-electron chi connectivity index (χ4n) is 7.20. The predicted octanol–water partition coefficient (Wildman–Crippen LogP) is 2.61. The molecule has 0 spiro atoms. The molecule has 3 amide bonds. The number of aryl methyl sites for hydroxylation is 2. The first-order chi connectivity index (χ1) is 26.8. The molecule has 2 saturated heterocycles. The van der Waals surface area contributed by atoms with Crippen LogP contribution in [0.5, 0.6) is 11.5 Å². The number of benzene rings is 2. The Kier molecular flexibility index (Phi) is 11.5. The number of amides is 3. The van der Waals surface area contributed by atoms with Gasteiger partial charge in [-0.15, -0.1) is 0 Å². The maximum absolute atomic E-state index is 12.2. The standard InChI is InChI=1S/C21H29N5O4.C16H21N5O2.C2H4O2/c1-12-7-17-16(26-13(2)19(27)23-22-18(26)11-29-17)8-15(12)24(6)14-9-25(10-14)20(28)30-21(3,4)5;1-9-4-14-13(5-12(9)20(3)11-6-17-7-11)21-10(2)16(22)19-18-15(21)8-23-14;1-2(3)4/h7-8,13-14H,9-11H2,1-6H3,(H,23,27);4-5,10-11,17H,6-8H2,1-3H3,(H,19,22);1H3,(H,3,4). The number of amidine groups is 2. The molecule has 18 nitrogen and oxygen atoms in total. The lowest BCUT2D eigenvalue weighted by atomic mass is 10.0. The third-order valence-electron chi connectivity index (χ3n) is 10.6. The number of likely N-dealkylation sites (N-methyl/N-ethyl adjacent to an activating group) is 2. The van der Waals surface area contributed by atoms with Crippen LogP contribution in [0.1, 0.15) is 52.7 Å². The van der Waals surface area contributed by atoms with E-state index in [1.807, 2.05) is 70.5 Å². The zero-order valence-corrected chi connectivity index (χ0v) is 34.3. The Morgan fingerprint density at radius 3 is 1.61 bits per heavy atom. The van der Waals surface area contributed by atoms with Gasteiger partial charge in [0.1, 0.15) is 42.4 Å². The van der Waals surface area contributed by atoms with Crippen LogP contribution in [-0.2, 0) is 19.1 Å². The Morgan fingerprint density at radius 2 is 1.23 bits per heavy atom.